The Morgan fingerprint density at radius 2 is 1.33 bits per heavy atom. The minimum absolute atomic E-state index is 0.0964. The van der Waals surface area contributed by atoms with Gasteiger partial charge in [-0.2, -0.15) is 0 Å². The van der Waals surface area contributed by atoms with E-state index in [0.29, 0.717) is 0 Å². The molecule has 0 bridgehead atoms. The number of aliphatic hydroxyl groups is 2. The van der Waals surface area contributed by atoms with Gasteiger partial charge in [0, 0.05) is 19.3 Å². The van der Waals surface area contributed by atoms with E-state index >= 15 is 0 Å². The summed E-state index contributed by atoms with van der Waals surface area (Å²) in [4.78, 5) is 23.4. The van der Waals surface area contributed by atoms with Gasteiger partial charge in [-0.05, 0) is 13.8 Å². The van der Waals surface area contributed by atoms with Crippen molar-refractivity contribution in [2.45, 2.75) is 63.8 Å². The number of aliphatic carboxylic acids is 2. The first-order chi connectivity index (χ1) is 9.43. The van der Waals surface area contributed by atoms with Gasteiger partial charge in [0.15, 0.2) is 0 Å². The summed E-state index contributed by atoms with van der Waals surface area (Å²) in [6.45, 7) is 4.64. The summed E-state index contributed by atoms with van der Waals surface area (Å²) in [6.07, 6.45) is -1.12. The highest BCUT2D eigenvalue weighted by atomic mass is 16.4. The smallest absolute Gasteiger partial charge is 0.377 e. The second-order valence-corrected chi connectivity index (χ2v) is 6.19. The normalized spacial score (nSPS) is 17.1. The Labute approximate surface area is 125 Å². The number of carboxylic acids is 2. The monoisotopic (exact) mass is 306 g/mol. The van der Waals surface area contributed by atoms with Gasteiger partial charge in [-0.25, -0.2) is 9.59 Å². The van der Waals surface area contributed by atoms with Crippen LogP contribution in [0.25, 0.3) is 0 Å². The van der Waals surface area contributed by atoms with E-state index in [1.807, 2.05) is 0 Å². The number of rotatable bonds is 9. The molecule has 4 N–H and O–H groups in total. The van der Waals surface area contributed by atoms with Gasteiger partial charge in [0.2, 0.25) is 0 Å². The van der Waals surface area contributed by atoms with Crippen molar-refractivity contribution in [2.24, 2.45) is 0 Å². The molecule has 0 spiro atoms. The average molecular weight is 306 g/mol. The molecule has 0 radical (unpaired) electrons. The van der Waals surface area contributed by atoms with Gasteiger partial charge in [0.1, 0.15) is 0 Å². The fourth-order valence-electron chi connectivity index (χ4n) is 3.02. The van der Waals surface area contributed by atoms with Crippen LogP contribution in [0.15, 0.2) is 0 Å². The molecule has 0 heterocycles. The average Bonchev–Trinajstić information content (AvgIpc) is 2.26. The van der Waals surface area contributed by atoms with Crippen molar-refractivity contribution in [3.8, 4) is 0 Å². The van der Waals surface area contributed by atoms with Crippen LogP contribution in [0.2, 0.25) is 0 Å². The standard InChI is InChI=1S/C14H27NO6/c1-6-14(12(18)19,13(20)21)15(4,5)11(7-9(2)16)8-10(3)17/h9-11,16-17H,6-8H2,1-5H3,(H-,18,19,20,21)/p+1. The SMILES string of the molecule is CCC(C(=O)O)(C(=O)O)[N+](C)(C)C(CC(C)O)CC(C)O. The molecule has 0 aliphatic heterocycles. The van der Waals surface area contributed by atoms with Gasteiger partial charge in [0.25, 0.3) is 5.54 Å². The van der Waals surface area contributed by atoms with Crippen molar-refractivity contribution in [1.29, 1.82) is 0 Å². The lowest BCUT2D eigenvalue weighted by atomic mass is 9.86. The van der Waals surface area contributed by atoms with E-state index in [2.05, 4.69) is 0 Å². The van der Waals surface area contributed by atoms with Crippen LogP contribution in [0.3, 0.4) is 0 Å². The molecule has 124 valence electrons. The number of nitrogens with zero attached hydrogens (tertiary/aromatic N) is 1. The number of likely N-dealkylation sites (N-methyl/N-ethyl adjacent to an activating group) is 1. The second kappa shape index (κ2) is 7.20. The van der Waals surface area contributed by atoms with E-state index in [1.54, 1.807) is 13.8 Å². The predicted molar refractivity (Wildman–Crippen MR) is 76.8 cm³/mol. The maximum atomic E-state index is 11.7. The van der Waals surface area contributed by atoms with Crippen molar-refractivity contribution in [1.82, 2.24) is 0 Å². The summed E-state index contributed by atoms with van der Waals surface area (Å²) in [7, 11) is 3.06. The fraction of sp³-hybridized carbons (Fsp3) is 0.857. The predicted octanol–water partition coefficient (Wildman–Crippen LogP) is 0.291. The highest BCUT2D eigenvalue weighted by Gasteiger charge is 2.61. The molecule has 7 nitrogen and oxygen atoms in total. The minimum atomic E-state index is -2.02. The van der Waals surface area contributed by atoms with Gasteiger partial charge in [-0.3, -0.25) is 0 Å². The molecule has 0 saturated heterocycles. The third kappa shape index (κ3) is 3.93. The molecular formula is C14H28NO6+. The van der Waals surface area contributed by atoms with Crippen LogP contribution in [0, 0.1) is 0 Å². The number of carbonyl (C=O) groups is 2. The van der Waals surface area contributed by atoms with E-state index < -0.39 is 35.7 Å². The molecule has 0 aromatic carbocycles. The van der Waals surface area contributed by atoms with E-state index in [1.165, 1.54) is 21.0 Å². The second-order valence-electron chi connectivity index (χ2n) is 6.19. The zero-order valence-electron chi connectivity index (χ0n) is 13.4. The third-order valence-corrected chi connectivity index (χ3v) is 4.34. The number of carboxylic acid groups (broad SMARTS) is 2. The maximum absolute atomic E-state index is 11.7. The fourth-order valence-corrected chi connectivity index (χ4v) is 3.02. The van der Waals surface area contributed by atoms with Crippen LogP contribution < -0.4 is 0 Å². The zero-order chi connectivity index (χ0) is 17.0. The molecule has 2 atom stereocenters. The summed E-state index contributed by atoms with van der Waals surface area (Å²) in [5, 5.41) is 38.3. The van der Waals surface area contributed by atoms with Crippen LogP contribution in [-0.4, -0.2) is 74.7 Å². The van der Waals surface area contributed by atoms with Crippen molar-refractivity contribution in [2.75, 3.05) is 14.1 Å². The summed E-state index contributed by atoms with van der Waals surface area (Å²) in [5.74, 6) is -2.83. The van der Waals surface area contributed by atoms with Crippen molar-refractivity contribution in [3.63, 3.8) is 0 Å². The minimum Gasteiger partial charge on any atom is -0.476 e. The lowest BCUT2D eigenvalue weighted by Crippen LogP contribution is -2.72. The van der Waals surface area contributed by atoms with E-state index in [9.17, 15) is 30.0 Å². The lowest BCUT2D eigenvalue weighted by Gasteiger charge is -2.48. The first-order valence-corrected chi connectivity index (χ1v) is 7.10. The number of hydrogen-bond acceptors (Lipinski definition) is 4. The Balaban J connectivity index is 5.89. The Morgan fingerprint density at radius 3 is 1.52 bits per heavy atom. The molecule has 2 unspecified atom stereocenters. The molecule has 0 aromatic rings. The molecule has 0 aliphatic rings. The lowest BCUT2D eigenvalue weighted by molar-refractivity contribution is -0.947. The summed E-state index contributed by atoms with van der Waals surface area (Å²) in [6, 6.07) is -0.503. The van der Waals surface area contributed by atoms with Crippen LogP contribution in [0.1, 0.15) is 40.0 Å². The van der Waals surface area contributed by atoms with Gasteiger partial charge < -0.3 is 24.9 Å². The molecule has 0 aromatic heterocycles. The summed E-state index contributed by atoms with van der Waals surface area (Å²) in [5.41, 5.74) is -2.02. The molecule has 0 amide bonds. The van der Waals surface area contributed by atoms with Crippen molar-refractivity contribution >= 4 is 11.9 Å². The van der Waals surface area contributed by atoms with E-state index in [-0.39, 0.29) is 23.7 Å². The number of quaternary nitrogens is 1. The Morgan fingerprint density at radius 1 is 1.00 bits per heavy atom. The van der Waals surface area contributed by atoms with Gasteiger partial charge in [-0.15, -0.1) is 0 Å². The Bertz CT molecular complexity index is 354. The molecule has 0 fully saturated rings. The first kappa shape index (κ1) is 19.8. The molecule has 0 aliphatic carbocycles. The Hall–Kier alpha value is -1.18. The molecule has 0 rings (SSSR count). The van der Waals surface area contributed by atoms with Crippen molar-refractivity contribution < 1.29 is 34.5 Å². The first-order valence-electron chi connectivity index (χ1n) is 7.10. The topological polar surface area (TPSA) is 115 Å². The van der Waals surface area contributed by atoms with Gasteiger partial charge in [0.05, 0.1) is 32.3 Å². The van der Waals surface area contributed by atoms with Crippen LogP contribution in [-0.2, 0) is 9.59 Å². The summed E-state index contributed by atoms with van der Waals surface area (Å²) >= 11 is 0. The molecular weight excluding hydrogens is 278 g/mol. The van der Waals surface area contributed by atoms with Crippen LogP contribution >= 0.6 is 0 Å². The Kier molecular flexibility index (Phi) is 6.79. The summed E-state index contributed by atoms with van der Waals surface area (Å²) < 4.78 is -0.343. The number of aliphatic hydroxyl groups excluding tert-OH is 2. The van der Waals surface area contributed by atoms with Gasteiger partial charge >= 0.3 is 11.9 Å². The van der Waals surface area contributed by atoms with Gasteiger partial charge in [-0.1, -0.05) is 6.92 Å². The third-order valence-electron chi connectivity index (χ3n) is 4.34. The highest BCUT2D eigenvalue weighted by Crippen LogP contribution is 2.33. The van der Waals surface area contributed by atoms with Crippen molar-refractivity contribution in [3.05, 3.63) is 0 Å². The van der Waals surface area contributed by atoms with Crippen LogP contribution in [0.4, 0.5) is 0 Å². The number of hydrogen-bond donors (Lipinski definition) is 4. The maximum Gasteiger partial charge on any atom is 0.377 e. The van der Waals surface area contributed by atoms with E-state index in [4.69, 9.17) is 0 Å². The largest absolute Gasteiger partial charge is 0.476 e. The molecule has 21 heavy (non-hydrogen) atoms. The molecule has 7 heteroatoms. The van der Waals surface area contributed by atoms with Crippen LogP contribution in [0.5, 0.6) is 0 Å². The molecule has 0 saturated carbocycles. The highest BCUT2D eigenvalue weighted by molar-refractivity contribution is 6.01. The zero-order valence-corrected chi connectivity index (χ0v) is 13.4. The quantitative estimate of drug-likeness (QED) is 0.359. The van der Waals surface area contributed by atoms with E-state index in [0.717, 1.165) is 0 Å².